The Bertz CT molecular complexity index is 631. The van der Waals surface area contributed by atoms with Crippen LogP contribution in [-0.2, 0) is 0 Å². The van der Waals surface area contributed by atoms with Crippen molar-refractivity contribution in [3.8, 4) is 17.5 Å². The van der Waals surface area contributed by atoms with E-state index in [1.54, 1.807) is 13.2 Å². The van der Waals surface area contributed by atoms with Crippen molar-refractivity contribution in [3.63, 3.8) is 0 Å². The summed E-state index contributed by atoms with van der Waals surface area (Å²) in [6, 6.07) is 5.46. The van der Waals surface area contributed by atoms with E-state index < -0.39 is 6.10 Å². The highest BCUT2D eigenvalue weighted by Gasteiger charge is 2.20. The van der Waals surface area contributed by atoms with Gasteiger partial charge in [0.2, 0.25) is 11.8 Å². The molecule has 0 radical (unpaired) electrons. The van der Waals surface area contributed by atoms with Crippen LogP contribution in [0.2, 0.25) is 0 Å². The maximum absolute atomic E-state index is 10.5. The molecule has 1 heterocycles. The van der Waals surface area contributed by atoms with Gasteiger partial charge in [-0.2, -0.15) is 4.98 Å². The van der Waals surface area contributed by atoms with E-state index in [1.165, 1.54) is 20.4 Å². The van der Waals surface area contributed by atoms with E-state index in [1.807, 2.05) is 19.1 Å². The largest absolute Gasteiger partial charge is 0.496 e. The van der Waals surface area contributed by atoms with Crippen molar-refractivity contribution in [2.45, 2.75) is 13.0 Å². The fraction of sp³-hybridized carbons (Fsp3) is 0.333. The molecule has 6 nitrogen and oxygen atoms in total. The highest BCUT2D eigenvalue weighted by atomic mass is 16.5. The lowest BCUT2D eigenvalue weighted by molar-refractivity contribution is 0.206. The molecule has 0 aliphatic heterocycles. The predicted octanol–water partition coefficient (Wildman–Crippen LogP) is 1.89. The van der Waals surface area contributed by atoms with Crippen LogP contribution in [0.25, 0.3) is 0 Å². The van der Waals surface area contributed by atoms with Crippen molar-refractivity contribution in [3.05, 3.63) is 41.2 Å². The van der Waals surface area contributed by atoms with Crippen LogP contribution in [-0.4, -0.2) is 36.4 Å². The molecule has 21 heavy (non-hydrogen) atoms. The lowest BCUT2D eigenvalue weighted by Gasteiger charge is -2.15. The van der Waals surface area contributed by atoms with E-state index in [0.29, 0.717) is 22.9 Å². The molecular formula is C15H18N2O4. The van der Waals surface area contributed by atoms with Gasteiger partial charge in [0.1, 0.15) is 17.5 Å². The number of aliphatic hydroxyl groups excluding tert-OH is 1. The smallest absolute Gasteiger partial charge is 0.241 e. The molecule has 1 aromatic heterocycles. The summed E-state index contributed by atoms with van der Waals surface area (Å²) in [4.78, 5) is 8.29. The number of methoxy groups -OCH3 is 3. The molecular weight excluding hydrogens is 272 g/mol. The minimum Gasteiger partial charge on any atom is -0.496 e. The first kappa shape index (κ1) is 15.1. The van der Waals surface area contributed by atoms with Gasteiger partial charge in [-0.15, -0.1) is 0 Å². The predicted molar refractivity (Wildman–Crippen MR) is 76.9 cm³/mol. The Morgan fingerprint density at radius 2 is 1.86 bits per heavy atom. The average molecular weight is 290 g/mol. The number of aliphatic hydroxyl groups is 1. The summed E-state index contributed by atoms with van der Waals surface area (Å²) < 4.78 is 15.4. The lowest BCUT2D eigenvalue weighted by Crippen LogP contribution is -2.07. The van der Waals surface area contributed by atoms with Crippen LogP contribution in [0.5, 0.6) is 17.5 Å². The third-order valence-corrected chi connectivity index (χ3v) is 3.15. The van der Waals surface area contributed by atoms with Gasteiger partial charge >= 0.3 is 0 Å². The Labute approximate surface area is 123 Å². The molecule has 1 unspecified atom stereocenters. The number of hydrogen-bond acceptors (Lipinski definition) is 6. The molecule has 0 bridgehead atoms. The maximum Gasteiger partial charge on any atom is 0.241 e. The van der Waals surface area contributed by atoms with Crippen LogP contribution in [0.1, 0.15) is 22.9 Å². The van der Waals surface area contributed by atoms with Crippen LogP contribution in [0.4, 0.5) is 0 Å². The molecule has 0 amide bonds. The zero-order chi connectivity index (χ0) is 15.4. The van der Waals surface area contributed by atoms with Gasteiger partial charge in [-0.25, -0.2) is 4.98 Å². The molecule has 0 aliphatic rings. The quantitative estimate of drug-likeness (QED) is 0.906. The number of nitrogens with zero attached hydrogens (tertiary/aromatic N) is 2. The third kappa shape index (κ3) is 3.05. The van der Waals surface area contributed by atoms with Crippen molar-refractivity contribution in [2.75, 3.05) is 21.3 Å². The lowest BCUT2D eigenvalue weighted by atomic mass is 10.0. The Morgan fingerprint density at radius 1 is 1.10 bits per heavy atom. The summed E-state index contributed by atoms with van der Waals surface area (Å²) in [6.07, 6.45) is 0.472. The Hall–Kier alpha value is -2.34. The number of rotatable bonds is 5. The Morgan fingerprint density at radius 3 is 2.48 bits per heavy atom. The van der Waals surface area contributed by atoms with Crippen LogP contribution < -0.4 is 14.2 Å². The second-order valence-corrected chi connectivity index (χ2v) is 4.44. The molecule has 112 valence electrons. The first-order valence-electron chi connectivity index (χ1n) is 6.38. The number of benzene rings is 1. The van der Waals surface area contributed by atoms with Crippen molar-refractivity contribution in [1.29, 1.82) is 0 Å². The molecule has 0 fully saturated rings. The molecule has 1 aromatic carbocycles. The molecule has 6 heteroatoms. The number of aromatic nitrogens is 2. The van der Waals surface area contributed by atoms with E-state index in [2.05, 4.69) is 9.97 Å². The van der Waals surface area contributed by atoms with Gasteiger partial charge in [-0.3, -0.25) is 0 Å². The van der Waals surface area contributed by atoms with E-state index in [-0.39, 0.29) is 5.88 Å². The Kier molecular flexibility index (Phi) is 4.59. The fourth-order valence-electron chi connectivity index (χ4n) is 1.97. The van der Waals surface area contributed by atoms with Crippen LogP contribution in [0, 0.1) is 6.92 Å². The van der Waals surface area contributed by atoms with Gasteiger partial charge in [0.25, 0.3) is 0 Å². The van der Waals surface area contributed by atoms with Gasteiger partial charge in [0, 0.05) is 0 Å². The highest BCUT2D eigenvalue weighted by molar-refractivity contribution is 5.41. The van der Waals surface area contributed by atoms with Crippen molar-refractivity contribution in [1.82, 2.24) is 9.97 Å². The molecule has 2 rings (SSSR count). The SMILES string of the molecule is COc1cnc(C(O)c2ccc(C)c(OC)c2)c(OC)n1. The van der Waals surface area contributed by atoms with Gasteiger partial charge in [0.15, 0.2) is 0 Å². The number of hydrogen-bond donors (Lipinski definition) is 1. The van der Waals surface area contributed by atoms with Gasteiger partial charge in [-0.05, 0) is 24.1 Å². The minimum atomic E-state index is -0.965. The molecule has 0 spiro atoms. The maximum atomic E-state index is 10.5. The second kappa shape index (κ2) is 6.41. The molecule has 0 aliphatic carbocycles. The summed E-state index contributed by atoms with van der Waals surface area (Å²) >= 11 is 0. The highest BCUT2D eigenvalue weighted by Crippen LogP contribution is 2.30. The summed E-state index contributed by atoms with van der Waals surface area (Å²) in [5.41, 5.74) is 1.96. The van der Waals surface area contributed by atoms with Crippen molar-refractivity contribution in [2.24, 2.45) is 0 Å². The van der Waals surface area contributed by atoms with E-state index in [0.717, 1.165) is 5.56 Å². The molecule has 1 N–H and O–H groups in total. The molecule has 1 atom stereocenters. The summed E-state index contributed by atoms with van der Waals surface area (Å²) in [5, 5.41) is 10.5. The summed E-state index contributed by atoms with van der Waals surface area (Å²) in [7, 11) is 4.55. The monoisotopic (exact) mass is 290 g/mol. The average Bonchev–Trinajstić information content (AvgIpc) is 2.54. The normalized spacial score (nSPS) is 11.9. The van der Waals surface area contributed by atoms with Crippen molar-refractivity contribution < 1.29 is 19.3 Å². The topological polar surface area (TPSA) is 73.7 Å². The van der Waals surface area contributed by atoms with Gasteiger partial charge in [-0.1, -0.05) is 12.1 Å². The van der Waals surface area contributed by atoms with Crippen molar-refractivity contribution >= 4 is 0 Å². The minimum absolute atomic E-state index is 0.224. The van der Waals surface area contributed by atoms with E-state index in [9.17, 15) is 5.11 Å². The summed E-state index contributed by atoms with van der Waals surface area (Å²) in [5.74, 6) is 1.25. The third-order valence-electron chi connectivity index (χ3n) is 3.15. The standard InChI is InChI=1S/C15H18N2O4/c1-9-5-6-10(7-11(9)19-2)14(18)13-15(21-4)17-12(20-3)8-16-13/h5-8,14,18H,1-4H3. The van der Waals surface area contributed by atoms with E-state index in [4.69, 9.17) is 14.2 Å². The summed E-state index contributed by atoms with van der Waals surface area (Å²) in [6.45, 7) is 1.93. The van der Waals surface area contributed by atoms with E-state index >= 15 is 0 Å². The molecule has 0 saturated carbocycles. The Balaban J connectivity index is 2.41. The number of ether oxygens (including phenoxy) is 3. The zero-order valence-electron chi connectivity index (χ0n) is 12.5. The fourth-order valence-corrected chi connectivity index (χ4v) is 1.97. The zero-order valence-corrected chi connectivity index (χ0v) is 12.5. The first-order chi connectivity index (χ1) is 10.1. The first-order valence-corrected chi connectivity index (χ1v) is 6.38. The van der Waals surface area contributed by atoms with Crippen LogP contribution >= 0.6 is 0 Å². The molecule has 0 saturated heterocycles. The second-order valence-electron chi connectivity index (χ2n) is 4.44. The van der Waals surface area contributed by atoms with Gasteiger partial charge < -0.3 is 19.3 Å². The number of aryl methyl sites for hydroxylation is 1. The van der Waals surface area contributed by atoms with Crippen LogP contribution in [0.3, 0.4) is 0 Å². The van der Waals surface area contributed by atoms with Crippen LogP contribution in [0.15, 0.2) is 24.4 Å². The molecule has 2 aromatic rings. The van der Waals surface area contributed by atoms with Gasteiger partial charge in [0.05, 0.1) is 27.5 Å².